The molecule has 7 heteroatoms. The number of para-hydroxylation sites is 1. The summed E-state index contributed by atoms with van der Waals surface area (Å²) in [4.78, 5) is 21.0. The van der Waals surface area contributed by atoms with Crippen LogP contribution in [0.3, 0.4) is 0 Å². The number of ether oxygens (including phenoxy) is 2. The summed E-state index contributed by atoms with van der Waals surface area (Å²) in [5.41, 5.74) is 1.56. The highest BCUT2D eigenvalue weighted by atomic mass is 33.1. The first-order chi connectivity index (χ1) is 13.2. The number of fused-ring (bicyclic) bond motifs is 1. The molecule has 2 heterocycles. The molecule has 1 aromatic heterocycles. The zero-order valence-electron chi connectivity index (χ0n) is 16.0. The lowest BCUT2D eigenvalue weighted by molar-refractivity contribution is 0.0304. The van der Waals surface area contributed by atoms with E-state index in [0.717, 1.165) is 35.2 Å². The second-order valence-corrected chi connectivity index (χ2v) is 9.10. The first-order valence-corrected chi connectivity index (χ1v) is 11.7. The minimum Gasteiger partial charge on any atom is -0.383 e. The van der Waals surface area contributed by atoms with E-state index < -0.39 is 0 Å². The number of carbonyl (C=O) groups excluding carboxylic acids is 1. The smallest absolute Gasteiger partial charge is 0.255 e. The summed E-state index contributed by atoms with van der Waals surface area (Å²) in [7, 11) is 5.00. The molecule has 2 aromatic rings. The van der Waals surface area contributed by atoms with Crippen molar-refractivity contribution in [3.8, 4) is 0 Å². The van der Waals surface area contributed by atoms with E-state index in [1.807, 2.05) is 42.3 Å². The highest BCUT2D eigenvalue weighted by molar-refractivity contribution is 8.76. The van der Waals surface area contributed by atoms with Gasteiger partial charge in [0.2, 0.25) is 0 Å². The topological polar surface area (TPSA) is 51.7 Å². The van der Waals surface area contributed by atoms with Crippen LogP contribution >= 0.6 is 21.6 Å². The lowest BCUT2D eigenvalue weighted by Gasteiger charge is -2.31. The maximum atomic E-state index is 13.5. The van der Waals surface area contributed by atoms with Crippen molar-refractivity contribution in [2.45, 2.75) is 36.8 Å². The summed E-state index contributed by atoms with van der Waals surface area (Å²) in [6.07, 6.45) is 5.91. The predicted molar refractivity (Wildman–Crippen MR) is 112 cm³/mol. The molecule has 1 aliphatic heterocycles. The number of methoxy groups -OCH3 is 1. The van der Waals surface area contributed by atoms with Gasteiger partial charge >= 0.3 is 0 Å². The van der Waals surface area contributed by atoms with Crippen molar-refractivity contribution in [1.29, 1.82) is 0 Å². The van der Waals surface area contributed by atoms with Crippen LogP contribution in [0.25, 0.3) is 10.9 Å². The van der Waals surface area contributed by atoms with Crippen LogP contribution in [0.2, 0.25) is 0 Å². The fraction of sp³-hybridized carbons (Fsp3) is 0.500. The number of aromatic nitrogens is 1. The quantitative estimate of drug-likeness (QED) is 0.611. The average molecular weight is 407 g/mol. The van der Waals surface area contributed by atoms with Crippen molar-refractivity contribution in [1.82, 2.24) is 9.88 Å². The van der Waals surface area contributed by atoms with Gasteiger partial charge in [0.1, 0.15) is 0 Å². The minimum absolute atomic E-state index is 0.00810. The van der Waals surface area contributed by atoms with Gasteiger partial charge in [0.05, 0.1) is 29.8 Å². The minimum atomic E-state index is -0.0290. The van der Waals surface area contributed by atoms with E-state index in [9.17, 15) is 4.79 Å². The van der Waals surface area contributed by atoms with Gasteiger partial charge in [0, 0.05) is 36.7 Å². The molecular formula is C20H26N2O3S2. The second-order valence-electron chi connectivity index (χ2n) is 6.66. The predicted octanol–water partition coefficient (Wildman–Crippen LogP) is 4.26. The normalized spacial score (nSPS) is 18.0. The molecule has 5 nitrogen and oxygen atoms in total. The van der Waals surface area contributed by atoms with Gasteiger partial charge in [-0.05, 0) is 38.2 Å². The Morgan fingerprint density at radius 1 is 1.44 bits per heavy atom. The van der Waals surface area contributed by atoms with Crippen molar-refractivity contribution in [3.63, 3.8) is 0 Å². The molecule has 0 bridgehead atoms. The van der Waals surface area contributed by atoms with Crippen molar-refractivity contribution in [3.05, 3.63) is 36.0 Å². The van der Waals surface area contributed by atoms with Crippen molar-refractivity contribution in [2.75, 3.05) is 33.1 Å². The molecule has 1 amide bonds. The molecule has 0 radical (unpaired) electrons. The number of rotatable bonds is 8. The lowest BCUT2D eigenvalue weighted by Crippen LogP contribution is -2.45. The Labute approximate surface area is 168 Å². The lowest BCUT2D eigenvalue weighted by atomic mass is 10.1. The molecule has 3 rings (SSSR count). The number of hydrogen-bond donors (Lipinski definition) is 0. The van der Waals surface area contributed by atoms with E-state index >= 15 is 0 Å². The molecule has 0 aliphatic carbocycles. The standard InChI is InChI=1S/C20H26N2O3S2/c1-14(13-24-2)22(12-15-6-5-11-25-15)20(23)17-9-10-21-19-16(17)7-4-8-18(19)27-26-3/h4,7-10,14-15H,5-6,11-13H2,1-3H3. The van der Waals surface area contributed by atoms with Gasteiger partial charge in [-0.25, -0.2) is 0 Å². The number of benzene rings is 1. The second kappa shape index (κ2) is 9.78. The Balaban J connectivity index is 1.96. The molecule has 2 unspecified atom stereocenters. The summed E-state index contributed by atoms with van der Waals surface area (Å²) in [5.74, 6) is 0.00810. The average Bonchev–Trinajstić information content (AvgIpc) is 3.19. The van der Waals surface area contributed by atoms with Gasteiger partial charge < -0.3 is 14.4 Å². The van der Waals surface area contributed by atoms with E-state index in [1.54, 1.807) is 34.9 Å². The highest BCUT2D eigenvalue weighted by Crippen LogP contribution is 2.34. The maximum absolute atomic E-state index is 13.5. The molecule has 146 valence electrons. The fourth-order valence-electron chi connectivity index (χ4n) is 3.45. The number of hydrogen-bond acceptors (Lipinski definition) is 6. The maximum Gasteiger partial charge on any atom is 0.255 e. The van der Waals surface area contributed by atoms with Crippen LogP contribution in [0.1, 0.15) is 30.1 Å². The molecule has 0 spiro atoms. The Bertz CT molecular complexity index is 781. The van der Waals surface area contributed by atoms with Gasteiger partial charge in [-0.2, -0.15) is 0 Å². The SMILES string of the molecule is COCC(C)N(CC1CCCO1)C(=O)c1ccnc2c(SSC)cccc12. The molecule has 27 heavy (non-hydrogen) atoms. The summed E-state index contributed by atoms with van der Waals surface area (Å²) < 4.78 is 11.1. The molecule has 1 aliphatic rings. The fourth-order valence-corrected chi connectivity index (χ4v) is 4.95. The number of carbonyl (C=O) groups is 1. The third-order valence-electron chi connectivity index (χ3n) is 4.76. The van der Waals surface area contributed by atoms with Gasteiger partial charge in [-0.1, -0.05) is 33.7 Å². The molecule has 2 atom stereocenters. The van der Waals surface area contributed by atoms with E-state index in [0.29, 0.717) is 18.7 Å². The molecule has 0 saturated carbocycles. The summed E-state index contributed by atoms with van der Waals surface area (Å²) in [6.45, 7) is 3.88. The number of pyridine rings is 1. The Morgan fingerprint density at radius 2 is 2.30 bits per heavy atom. The highest BCUT2D eigenvalue weighted by Gasteiger charge is 2.28. The van der Waals surface area contributed by atoms with Crippen molar-refractivity contribution < 1.29 is 14.3 Å². The summed E-state index contributed by atoms with van der Waals surface area (Å²) in [6, 6.07) is 7.80. The van der Waals surface area contributed by atoms with Crippen LogP contribution in [0.4, 0.5) is 0 Å². The molecule has 1 fully saturated rings. The van der Waals surface area contributed by atoms with Crippen molar-refractivity contribution in [2.24, 2.45) is 0 Å². The molecular weight excluding hydrogens is 380 g/mol. The Kier molecular flexibility index (Phi) is 7.41. The first kappa shape index (κ1) is 20.5. The largest absolute Gasteiger partial charge is 0.383 e. The van der Waals surface area contributed by atoms with Gasteiger partial charge in [-0.15, -0.1) is 0 Å². The summed E-state index contributed by atoms with van der Waals surface area (Å²) >= 11 is 0. The summed E-state index contributed by atoms with van der Waals surface area (Å²) in [5, 5.41) is 0.892. The zero-order valence-corrected chi connectivity index (χ0v) is 17.6. The first-order valence-electron chi connectivity index (χ1n) is 9.15. The van der Waals surface area contributed by atoms with E-state index in [2.05, 4.69) is 4.98 Å². The Morgan fingerprint density at radius 3 is 3.00 bits per heavy atom. The van der Waals surface area contributed by atoms with Crippen molar-refractivity contribution >= 4 is 38.4 Å². The molecule has 0 N–H and O–H groups in total. The number of nitrogens with zero attached hydrogens (tertiary/aromatic N) is 2. The van der Waals surface area contributed by atoms with Gasteiger partial charge in [0.25, 0.3) is 5.91 Å². The van der Waals surface area contributed by atoms with E-state index in [1.165, 1.54) is 0 Å². The molecule has 1 aromatic carbocycles. The third-order valence-corrected chi connectivity index (χ3v) is 6.48. The monoisotopic (exact) mass is 406 g/mol. The third kappa shape index (κ3) is 4.77. The van der Waals surface area contributed by atoms with Gasteiger partial charge in [0.15, 0.2) is 0 Å². The van der Waals surface area contributed by atoms with Crippen LogP contribution in [-0.2, 0) is 9.47 Å². The Hall–Kier alpha value is -1.28. The van der Waals surface area contributed by atoms with Crippen LogP contribution < -0.4 is 0 Å². The van der Waals surface area contributed by atoms with Crippen LogP contribution in [0.5, 0.6) is 0 Å². The molecule has 1 saturated heterocycles. The van der Waals surface area contributed by atoms with Crippen LogP contribution in [-0.4, -0.2) is 61.1 Å². The van der Waals surface area contributed by atoms with Crippen LogP contribution in [0, 0.1) is 0 Å². The van der Waals surface area contributed by atoms with E-state index in [-0.39, 0.29) is 18.1 Å². The van der Waals surface area contributed by atoms with Gasteiger partial charge in [-0.3, -0.25) is 9.78 Å². The van der Waals surface area contributed by atoms with Crippen LogP contribution in [0.15, 0.2) is 35.4 Å². The zero-order chi connectivity index (χ0) is 19.2. The number of amides is 1. The van der Waals surface area contributed by atoms with E-state index in [4.69, 9.17) is 9.47 Å².